The quantitative estimate of drug-likeness (QED) is 0.846. The third kappa shape index (κ3) is 3.81. The minimum atomic E-state index is -0.321. The van der Waals surface area contributed by atoms with Crippen LogP contribution in [0.15, 0.2) is 36.9 Å². The van der Waals surface area contributed by atoms with E-state index in [1.807, 2.05) is 30.7 Å². The Labute approximate surface area is 118 Å². The highest BCUT2D eigenvalue weighted by Gasteiger charge is 2.09. The van der Waals surface area contributed by atoms with Crippen molar-refractivity contribution in [3.63, 3.8) is 0 Å². The Morgan fingerprint density at radius 3 is 2.95 bits per heavy atom. The van der Waals surface area contributed by atoms with Gasteiger partial charge in [0.25, 0.3) is 0 Å². The number of hydrogen-bond acceptors (Lipinski definition) is 3. The van der Waals surface area contributed by atoms with Crippen molar-refractivity contribution < 1.29 is 9.13 Å². The molecule has 0 saturated carbocycles. The van der Waals surface area contributed by atoms with E-state index in [0.29, 0.717) is 13.2 Å². The van der Waals surface area contributed by atoms with Gasteiger partial charge in [0.15, 0.2) is 11.6 Å². The van der Waals surface area contributed by atoms with Gasteiger partial charge in [-0.2, -0.15) is 0 Å². The van der Waals surface area contributed by atoms with Crippen LogP contribution in [0.1, 0.15) is 25.5 Å². The van der Waals surface area contributed by atoms with Crippen LogP contribution in [0.25, 0.3) is 0 Å². The number of nitrogens with one attached hydrogen (secondary N) is 1. The summed E-state index contributed by atoms with van der Waals surface area (Å²) >= 11 is 0. The van der Waals surface area contributed by atoms with Crippen LogP contribution in [0.5, 0.6) is 5.75 Å². The molecule has 5 heteroatoms. The van der Waals surface area contributed by atoms with Gasteiger partial charge in [-0.1, -0.05) is 13.0 Å². The van der Waals surface area contributed by atoms with Gasteiger partial charge < -0.3 is 14.6 Å². The number of aromatic nitrogens is 2. The lowest BCUT2D eigenvalue weighted by Crippen LogP contribution is -2.17. The van der Waals surface area contributed by atoms with Crippen molar-refractivity contribution in [2.24, 2.45) is 0 Å². The minimum Gasteiger partial charge on any atom is -0.489 e. The molecule has 0 fully saturated rings. The molecular formula is C15H20FN3O. The summed E-state index contributed by atoms with van der Waals surface area (Å²) in [7, 11) is 0. The fourth-order valence-electron chi connectivity index (χ4n) is 2.01. The molecule has 1 heterocycles. The summed E-state index contributed by atoms with van der Waals surface area (Å²) in [5.41, 5.74) is 0.923. The summed E-state index contributed by atoms with van der Waals surface area (Å²) in [6, 6.07) is 5.24. The molecule has 0 aliphatic carbocycles. The van der Waals surface area contributed by atoms with E-state index in [-0.39, 0.29) is 17.6 Å². The van der Waals surface area contributed by atoms with Crippen LogP contribution in [-0.2, 0) is 6.54 Å². The molecule has 1 atom stereocenters. The zero-order valence-electron chi connectivity index (χ0n) is 11.8. The lowest BCUT2D eigenvalue weighted by Gasteiger charge is -2.14. The van der Waals surface area contributed by atoms with Crippen molar-refractivity contribution in [3.8, 4) is 5.75 Å². The summed E-state index contributed by atoms with van der Waals surface area (Å²) in [4.78, 5) is 3.94. The van der Waals surface area contributed by atoms with E-state index in [2.05, 4.69) is 10.3 Å². The SMILES string of the molecule is CCNC(C)c1ccc(OCCn2ccnc2)c(F)c1. The predicted molar refractivity (Wildman–Crippen MR) is 76.2 cm³/mol. The number of nitrogens with zero attached hydrogens (tertiary/aromatic N) is 2. The van der Waals surface area contributed by atoms with Crippen molar-refractivity contribution in [1.82, 2.24) is 14.9 Å². The van der Waals surface area contributed by atoms with E-state index >= 15 is 0 Å². The number of halogens is 1. The van der Waals surface area contributed by atoms with Gasteiger partial charge in [-0.05, 0) is 31.2 Å². The van der Waals surface area contributed by atoms with Crippen molar-refractivity contribution in [2.45, 2.75) is 26.4 Å². The smallest absolute Gasteiger partial charge is 0.165 e. The molecular weight excluding hydrogens is 257 g/mol. The van der Waals surface area contributed by atoms with Gasteiger partial charge >= 0.3 is 0 Å². The lowest BCUT2D eigenvalue weighted by atomic mass is 10.1. The van der Waals surface area contributed by atoms with E-state index in [1.54, 1.807) is 18.6 Å². The highest BCUT2D eigenvalue weighted by atomic mass is 19.1. The molecule has 0 radical (unpaired) electrons. The average Bonchev–Trinajstić information content (AvgIpc) is 2.94. The van der Waals surface area contributed by atoms with E-state index < -0.39 is 0 Å². The largest absolute Gasteiger partial charge is 0.489 e. The molecule has 20 heavy (non-hydrogen) atoms. The Morgan fingerprint density at radius 1 is 1.45 bits per heavy atom. The Kier molecular flexibility index (Phi) is 5.12. The van der Waals surface area contributed by atoms with Crippen LogP contribution >= 0.6 is 0 Å². The van der Waals surface area contributed by atoms with Crippen LogP contribution in [0.4, 0.5) is 4.39 Å². The predicted octanol–water partition coefficient (Wildman–Crippen LogP) is 2.77. The molecule has 0 bridgehead atoms. The van der Waals surface area contributed by atoms with Gasteiger partial charge in [0, 0.05) is 18.4 Å². The first-order valence-corrected chi connectivity index (χ1v) is 6.82. The maximum absolute atomic E-state index is 13.9. The average molecular weight is 277 g/mol. The highest BCUT2D eigenvalue weighted by Crippen LogP contribution is 2.22. The molecule has 0 saturated heterocycles. The molecule has 1 unspecified atom stereocenters. The van der Waals surface area contributed by atoms with Gasteiger partial charge in [0.1, 0.15) is 6.61 Å². The third-order valence-corrected chi connectivity index (χ3v) is 3.13. The summed E-state index contributed by atoms with van der Waals surface area (Å²) in [6.45, 7) is 5.95. The fraction of sp³-hybridized carbons (Fsp3) is 0.400. The third-order valence-electron chi connectivity index (χ3n) is 3.13. The maximum Gasteiger partial charge on any atom is 0.165 e. The van der Waals surface area contributed by atoms with Crippen molar-refractivity contribution in [3.05, 3.63) is 48.3 Å². The summed E-state index contributed by atoms with van der Waals surface area (Å²) in [5.74, 6) is -0.0320. The van der Waals surface area contributed by atoms with Crippen LogP contribution in [0, 0.1) is 5.82 Å². The summed E-state index contributed by atoms with van der Waals surface area (Å²) in [5, 5.41) is 3.25. The van der Waals surface area contributed by atoms with Crippen LogP contribution < -0.4 is 10.1 Å². The van der Waals surface area contributed by atoms with Crippen molar-refractivity contribution >= 4 is 0 Å². The summed E-state index contributed by atoms with van der Waals surface area (Å²) < 4.78 is 21.3. The van der Waals surface area contributed by atoms with Gasteiger partial charge in [0.2, 0.25) is 0 Å². The molecule has 0 aliphatic heterocycles. The van der Waals surface area contributed by atoms with Crippen LogP contribution in [0.3, 0.4) is 0 Å². The Bertz CT molecular complexity index is 528. The second-order valence-electron chi connectivity index (χ2n) is 4.62. The van der Waals surface area contributed by atoms with E-state index in [1.165, 1.54) is 6.07 Å². The second-order valence-corrected chi connectivity index (χ2v) is 4.62. The van der Waals surface area contributed by atoms with Crippen LogP contribution in [0.2, 0.25) is 0 Å². The first-order valence-electron chi connectivity index (χ1n) is 6.82. The second kappa shape index (κ2) is 7.05. The van der Waals surface area contributed by atoms with Crippen LogP contribution in [-0.4, -0.2) is 22.7 Å². The Hall–Kier alpha value is -1.88. The van der Waals surface area contributed by atoms with Gasteiger partial charge in [-0.15, -0.1) is 0 Å². The zero-order chi connectivity index (χ0) is 14.4. The normalized spacial score (nSPS) is 12.3. The zero-order valence-corrected chi connectivity index (χ0v) is 11.8. The molecule has 2 aromatic rings. The number of hydrogen-bond donors (Lipinski definition) is 1. The van der Waals surface area contributed by atoms with E-state index in [4.69, 9.17) is 4.74 Å². The van der Waals surface area contributed by atoms with E-state index in [9.17, 15) is 4.39 Å². The molecule has 0 amide bonds. The molecule has 2 rings (SSSR count). The first kappa shape index (κ1) is 14.5. The molecule has 0 aliphatic rings. The Morgan fingerprint density at radius 2 is 2.30 bits per heavy atom. The van der Waals surface area contributed by atoms with E-state index in [0.717, 1.165) is 12.1 Å². The Balaban J connectivity index is 1.92. The molecule has 4 nitrogen and oxygen atoms in total. The van der Waals surface area contributed by atoms with Gasteiger partial charge in [-0.25, -0.2) is 9.37 Å². The number of imidazole rings is 1. The molecule has 108 valence electrons. The summed E-state index contributed by atoms with van der Waals surface area (Å²) in [6.07, 6.45) is 5.26. The molecule has 1 N–H and O–H groups in total. The van der Waals surface area contributed by atoms with Gasteiger partial charge in [-0.3, -0.25) is 0 Å². The first-order chi connectivity index (χ1) is 9.70. The highest BCUT2D eigenvalue weighted by molar-refractivity contribution is 5.30. The number of ether oxygens (including phenoxy) is 1. The number of benzene rings is 1. The topological polar surface area (TPSA) is 39.1 Å². The van der Waals surface area contributed by atoms with Gasteiger partial charge in [0.05, 0.1) is 12.9 Å². The standard InChI is InChI=1S/C15H20FN3O/c1-3-18-12(2)13-4-5-15(14(16)10-13)20-9-8-19-7-6-17-11-19/h4-7,10-12,18H,3,8-9H2,1-2H3. The molecule has 1 aromatic heterocycles. The fourth-order valence-corrected chi connectivity index (χ4v) is 2.01. The molecule has 0 spiro atoms. The monoisotopic (exact) mass is 277 g/mol. The number of rotatable bonds is 7. The van der Waals surface area contributed by atoms with Crippen molar-refractivity contribution in [1.29, 1.82) is 0 Å². The molecule has 1 aromatic carbocycles. The minimum absolute atomic E-state index is 0.134. The van der Waals surface area contributed by atoms with Crippen molar-refractivity contribution in [2.75, 3.05) is 13.2 Å². The lowest BCUT2D eigenvalue weighted by molar-refractivity contribution is 0.284. The maximum atomic E-state index is 13.9.